The van der Waals surface area contributed by atoms with Gasteiger partial charge in [0.15, 0.2) is 0 Å². The minimum absolute atomic E-state index is 0.0373. The summed E-state index contributed by atoms with van der Waals surface area (Å²) in [6.45, 7) is 1.94. The van der Waals surface area contributed by atoms with Gasteiger partial charge in [-0.2, -0.15) is 0 Å². The fraction of sp³-hybridized carbons (Fsp3) is 0.294. The lowest BCUT2D eigenvalue weighted by atomic mass is 9.88. The number of carbonyl (C=O) groups excluding carboxylic acids is 1. The first-order chi connectivity index (χ1) is 10.2. The maximum absolute atomic E-state index is 12.3. The van der Waals surface area contributed by atoms with Crippen LogP contribution in [0.25, 0.3) is 0 Å². The molecule has 0 fully saturated rings. The number of fused-ring (bicyclic) bond motifs is 1. The fourth-order valence-corrected chi connectivity index (χ4v) is 2.80. The number of rotatable bonds is 3. The van der Waals surface area contributed by atoms with Crippen molar-refractivity contribution in [2.75, 3.05) is 12.4 Å². The maximum Gasteiger partial charge on any atom is 0.238 e. The summed E-state index contributed by atoms with van der Waals surface area (Å²) in [4.78, 5) is 16.6. The molecule has 0 spiro atoms. The van der Waals surface area contributed by atoms with Crippen molar-refractivity contribution in [3.05, 3.63) is 53.2 Å². The Bertz CT molecular complexity index is 668. The first-order valence-corrected chi connectivity index (χ1v) is 7.06. The molecule has 1 aromatic heterocycles. The molecule has 108 valence electrons. The Balaban J connectivity index is 1.88. The van der Waals surface area contributed by atoms with E-state index >= 15 is 0 Å². The smallest absolute Gasteiger partial charge is 0.238 e. The highest BCUT2D eigenvalue weighted by molar-refractivity contribution is 5.97. The van der Waals surface area contributed by atoms with E-state index in [1.807, 2.05) is 31.2 Å². The van der Waals surface area contributed by atoms with Gasteiger partial charge in [-0.05, 0) is 37.0 Å². The van der Waals surface area contributed by atoms with E-state index in [9.17, 15) is 4.79 Å². The number of nitrogens with zero attached hydrogens (tertiary/aromatic N) is 1. The zero-order valence-electron chi connectivity index (χ0n) is 12.2. The van der Waals surface area contributed by atoms with E-state index in [1.54, 1.807) is 7.11 Å². The Labute approximate surface area is 124 Å². The second-order valence-corrected chi connectivity index (χ2v) is 5.39. The van der Waals surface area contributed by atoms with Gasteiger partial charge >= 0.3 is 0 Å². The van der Waals surface area contributed by atoms with E-state index in [2.05, 4.69) is 22.4 Å². The van der Waals surface area contributed by atoms with Crippen LogP contribution in [-0.2, 0) is 17.6 Å². The van der Waals surface area contributed by atoms with Gasteiger partial charge in [-0.1, -0.05) is 30.3 Å². The Hall–Kier alpha value is -2.36. The molecule has 1 aromatic carbocycles. The van der Waals surface area contributed by atoms with Crippen LogP contribution in [-0.4, -0.2) is 18.0 Å². The zero-order chi connectivity index (χ0) is 14.8. The lowest BCUT2D eigenvalue weighted by Gasteiger charge is -2.26. The van der Waals surface area contributed by atoms with Gasteiger partial charge < -0.3 is 10.1 Å². The van der Waals surface area contributed by atoms with Crippen LogP contribution in [0.4, 0.5) is 5.69 Å². The van der Waals surface area contributed by atoms with Crippen LogP contribution >= 0.6 is 0 Å². The molecule has 4 nitrogen and oxygen atoms in total. The number of carbonyl (C=O) groups is 1. The Morgan fingerprint density at radius 3 is 2.81 bits per heavy atom. The minimum atomic E-state index is -0.0496. The molecule has 1 atom stereocenters. The van der Waals surface area contributed by atoms with E-state index in [1.165, 1.54) is 5.56 Å². The highest BCUT2D eigenvalue weighted by Gasteiger charge is 2.29. The quantitative estimate of drug-likeness (QED) is 0.941. The summed E-state index contributed by atoms with van der Waals surface area (Å²) in [5.41, 5.74) is 3.90. The molecule has 1 unspecified atom stereocenters. The fourth-order valence-electron chi connectivity index (χ4n) is 2.80. The highest BCUT2D eigenvalue weighted by atomic mass is 16.5. The van der Waals surface area contributed by atoms with Gasteiger partial charge in [0.25, 0.3) is 0 Å². The van der Waals surface area contributed by atoms with E-state index in [0.29, 0.717) is 5.88 Å². The van der Waals surface area contributed by atoms with Gasteiger partial charge in [-0.15, -0.1) is 0 Å². The second kappa shape index (κ2) is 5.56. The SMILES string of the molecule is COc1nc(C)cc2c1NC(=O)C(Cc1ccccc1)C2. The Morgan fingerprint density at radius 1 is 1.33 bits per heavy atom. The van der Waals surface area contributed by atoms with E-state index in [4.69, 9.17) is 4.74 Å². The summed E-state index contributed by atoms with van der Waals surface area (Å²) in [5.74, 6) is 0.484. The number of ether oxygens (including phenoxy) is 1. The Kier molecular flexibility index (Phi) is 3.60. The van der Waals surface area contributed by atoms with Gasteiger partial charge in [0.2, 0.25) is 11.8 Å². The van der Waals surface area contributed by atoms with Crippen molar-refractivity contribution in [3.8, 4) is 5.88 Å². The molecule has 3 rings (SSSR count). The van der Waals surface area contributed by atoms with Crippen molar-refractivity contribution in [2.45, 2.75) is 19.8 Å². The average Bonchev–Trinajstić information content (AvgIpc) is 2.49. The molecule has 1 aliphatic heterocycles. The van der Waals surface area contributed by atoms with Crippen LogP contribution in [0, 0.1) is 12.8 Å². The number of hydrogen-bond acceptors (Lipinski definition) is 3. The number of anilines is 1. The molecule has 1 N–H and O–H groups in total. The summed E-state index contributed by atoms with van der Waals surface area (Å²) >= 11 is 0. The van der Waals surface area contributed by atoms with Crippen molar-refractivity contribution in [2.24, 2.45) is 5.92 Å². The molecule has 1 amide bonds. The van der Waals surface area contributed by atoms with Crippen molar-refractivity contribution < 1.29 is 9.53 Å². The van der Waals surface area contributed by atoms with Crippen LogP contribution < -0.4 is 10.1 Å². The first-order valence-electron chi connectivity index (χ1n) is 7.06. The highest BCUT2D eigenvalue weighted by Crippen LogP contribution is 2.34. The zero-order valence-corrected chi connectivity index (χ0v) is 12.2. The molecule has 0 aliphatic carbocycles. The largest absolute Gasteiger partial charge is 0.480 e. The van der Waals surface area contributed by atoms with Crippen LogP contribution in [0.1, 0.15) is 16.8 Å². The van der Waals surface area contributed by atoms with Crippen LogP contribution in [0.2, 0.25) is 0 Å². The first kappa shape index (κ1) is 13.6. The number of amides is 1. The predicted octanol–water partition coefficient (Wildman–Crippen LogP) is 2.75. The molecule has 1 aliphatic rings. The monoisotopic (exact) mass is 282 g/mol. The molecule has 4 heteroatoms. The molecule has 0 saturated carbocycles. The number of pyridine rings is 1. The van der Waals surface area contributed by atoms with Gasteiger partial charge in [0.05, 0.1) is 7.11 Å². The number of benzene rings is 1. The van der Waals surface area contributed by atoms with Crippen molar-refractivity contribution in [1.82, 2.24) is 4.98 Å². The third kappa shape index (κ3) is 2.75. The van der Waals surface area contributed by atoms with Gasteiger partial charge in [-0.3, -0.25) is 4.79 Å². The van der Waals surface area contributed by atoms with Crippen molar-refractivity contribution in [1.29, 1.82) is 0 Å². The summed E-state index contributed by atoms with van der Waals surface area (Å²) in [6, 6.07) is 12.1. The standard InChI is InChI=1S/C17H18N2O2/c1-11-8-13-10-14(9-12-6-4-3-5-7-12)16(20)19-15(13)17(18-11)21-2/h3-8,14H,9-10H2,1-2H3,(H,19,20). The molecular formula is C17H18N2O2. The Morgan fingerprint density at radius 2 is 2.10 bits per heavy atom. The summed E-state index contributed by atoms with van der Waals surface area (Å²) in [6.07, 6.45) is 1.46. The van der Waals surface area contributed by atoms with Gasteiger partial charge in [0.1, 0.15) is 5.69 Å². The van der Waals surface area contributed by atoms with E-state index in [-0.39, 0.29) is 11.8 Å². The van der Waals surface area contributed by atoms with Crippen molar-refractivity contribution in [3.63, 3.8) is 0 Å². The molecule has 0 saturated heterocycles. The van der Waals surface area contributed by atoms with Gasteiger partial charge in [-0.25, -0.2) is 4.98 Å². The van der Waals surface area contributed by atoms with Gasteiger partial charge in [0, 0.05) is 11.6 Å². The summed E-state index contributed by atoms with van der Waals surface area (Å²) in [7, 11) is 1.57. The minimum Gasteiger partial charge on any atom is -0.480 e. The molecule has 0 bridgehead atoms. The molecular weight excluding hydrogens is 264 g/mol. The van der Waals surface area contributed by atoms with E-state index < -0.39 is 0 Å². The van der Waals surface area contributed by atoms with E-state index in [0.717, 1.165) is 29.8 Å². The second-order valence-electron chi connectivity index (χ2n) is 5.39. The third-order valence-electron chi connectivity index (χ3n) is 3.80. The predicted molar refractivity (Wildman–Crippen MR) is 81.5 cm³/mol. The molecule has 0 radical (unpaired) electrons. The van der Waals surface area contributed by atoms with Crippen LogP contribution in [0.15, 0.2) is 36.4 Å². The van der Waals surface area contributed by atoms with Crippen LogP contribution in [0.3, 0.4) is 0 Å². The molecule has 21 heavy (non-hydrogen) atoms. The average molecular weight is 282 g/mol. The topological polar surface area (TPSA) is 51.2 Å². The number of hydrogen-bond donors (Lipinski definition) is 1. The number of methoxy groups -OCH3 is 1. The lowest BCUT2D eigenvalue weighted by molar-refractivity contribution is -0.120. The number of nitrogens with one attached hydrogen (secondary N) is 1. The number of aromatic nitrogens is 1. The van der Waals surface area contributed by atoms with Crippen LogP contribution in [0.5, 0.6) is 5.88 Å². The number of aryl methyl sites for hydroxylation is 1. The lowest BCUT2D eigenvalue weighted by Crippen LogP contribution is -2.32. The summed E-state index contributed by atoms with van der Waals surface area (Å²) in [5, 5.41) is 2.95. The normalized spacial score (nSPS) is 17.0. The molecule has 2 aromatic rings. The van der Waals surface area contributed by atoms with Crippen molar-refractivity contribution >= 4 is 11.6 Å². The summed E-state index contributed by atoms with van der Waals surface area (Å²) < 4.78 is 5.27. The maximum atomic E-state index is 12.3. The third-order valence-corrected chi connectivity index (χ3v) is 3.80. The molecule has 2 heterocycles.